The molecule has 0 radical (unpaired) electrons. The highest BCUT2D eigenvalue weighted by atomic mass is 16.1. The van der Waals surface area contributed by atoms with Gasteiger partial charge in [-0.1, -0.05) is 81.8 Å². The molecule has 0 aliphatic rings. The maximum Gasteiger partial charge on any atom is 0.244 e. The fourth-order valence-electron chi connectivity index (χ4n) is 2.71. The van der Waals surface area contributed by atoms with Crippen molar-refractivity contribution in [3.05, 3.63) is 76.9 Å². The minimum absolute atomic E-state index is 0.0426. The molecule has 1 atom stereocenters. The zero-order valence-electron chi connectivity index (χ0n) is 16.0. The minimum Gasteiger partial charge on any atom is -0.346 e. The van der Waals surface area contributed by atoms with Crippen molar-refractivity contribution in [2.75, 3.05) is 0 Å². The molecule has 0 bridgehead atoms. The van der Waals surface area contributed by atoms with Gasteiger partial charge in [0.25, 0.3) is 0 Å². The second-order valence-electron chi connectivity index (χ2n) is 7.59. The van der Waals surface area contributed by atoms with E-state index in [1.807, 2.05) is 6.08 Å². The van der Waals surface area contributed by atoms with E-state index < -0.39 is 0 Å². The quantitative estimate of drug-likeness (QED) is 0.711. The molecule has 0 aliphatic carbocycles. The number of hydrogen-bond acceptors (Lipinski definition) is 1. The van der Waals surface area contributed by atoms with E-state index in [4.69, 9.17) is 0 Å². The van der Waals surface area contributed by atoms with Gasteiger partial charge < -0.3 is 5.32 Å². The lowest BCUT2D eigenvalue weighted by Gasteiger charge is -2.18. The standard InChI is InChI=1S/C23H29NO/c1-6-21(19-12-7-17(2)8-13-19)24-22(25)16-11-18-9-14-20(15-10-18)23(3,4)5/h7-16,21H,6H2,1-5H3,(H,24,25)/b16-11+/t21-/m1/s1. The lowest BCUT2D eigenvalue weighted by molar-refractivity contribution is -0.117. The molecule has 1 amide bonds. The number of nitrogens with one attached hydrogen (secondary N) is 1. The first-order valence-corrected chi connectivity index (χ1v) is 8.95. The molecule has 0 unspecified atom stereocenters. The Hall–Kier alpha value is -2.35. The molecule has 25 heavy (non-hydrogen) atoms. The monoisotopic (exact) mass is 335 g/mol. The summed E-state index contributed by atoms with van der Waals surface area (Å²) in [5.74, 6) is -0.0627. The predicted molar refractivity (Wildman–Crippen MR) is 107 cm³/mol. The summed E-state index contributed by atoms with van der Waals surface area (Å²) in [7, 11) is 0. The summed E-state index contributed by atoms with van der Waals surface area (Å²) < 4.78 is 0. The summed E-state index contributed by atoms with van der Waals surface area (Å²) >= 11 is 0. The Morgan fingerprint density at radius 3 is 2.16 bits per heavy atom. The van der Waals surface area contributed by atoms with Crippen LogP contribution < -0.4 is 5.32 Å². The molecule has 0 saturated carbocycles. The third-order valence-corrected chi connectivity index (χ3v) is 4.41. The number of amides is 1. The van der Waals surface area contributed by atoms with E-state index in [0.29, 0.717) is 0 Å². The molecule has 1 N–H and O–H groups in total. The first kappa shape index (κ1) is 19.0. The second kappa shape index (κ2) is 8.15. The van der Waals surface area contributed by atoms with Crippen molar-refractivity contribution in [2.24, 2.45) is 0 Å². The molecule has 2 aromatic carbocycles. The Morgan fingerprint density at radius 2 is 1.64 bits per heavy atom. The molecule has 2 heteroatoms. The first-order valence-electron chi connectivity index (χ1n) is 8.95. The lowest BCUT2D eigenvalue weighted by Crippen LogP contribution is -2.26. The van der Waals surface area contributed by atoms with E-state index in [2.05, 4.69) is 88.5 Å². The average molecular weight is 335 g/mol. The van der Waals surface area contributed by atoms with Crippen LogP contribution in [0.15, 0.2) is 54.6 Å². The molecular formula is C23H29NO. The number of carbonyl (C=O) groups excluding carboxylic acids is 1. The van der Waals surface area contributed by atoms with Gasteiger partial charge in [-0.3, -0.25) is 4.79 Å². The highest BCUT2D eigenvalue weighted by molar-refractivity contribution is 5.92. The predicted octanol–water partition coefficient (Wildman–Crippen LogP) is 5.57. The summed E-state index contributed by atoms with van der Waals surface area (Å²) in [6.45, 7) is 10.7. The number of aryl methyl sites for hydroxylation is 1. The van der Waals surface area contributed by atoms with Gasteiger partial charge in [0.2, 0.25) is 5.91 Å². The Morgan fingerprint density at radius 1 is 1.04 bits per heavy atom. The van der Waals surface area contributed by atoms with Crippen LogP contribution in [0.3, 0.4) is 0 Å². The van der Waals surface area contributed by atoms with E-state index in [1.54, 1.807) is 6.08 Å². The van der Waals surface area contributed by atoms with Gasteiger partial charge >= 0.3 is 0 Å². The molecule has 0 fully saturated rings. The Labute approximate surface area is 152 Å². The van der Waals surface area contributed by atoms with Gasteiger partial charge in [0.1, 0.15) is 0 Å². The van der Waals surface area contributed by atoms with Gasteiger partial charge in [-0.15, -0.1) is 0 Å². The highest BCUT2D eigenvalue weighted by Crippen LogP contribution is 2.22. The van der Waals surface area contributed by atoms with Gasteiger partial charge in [-0.05, 0) is 41.5 Å². The van der Waals surface area contributed by atoms with E-state index in [9.17, 15) is 4.79 Å². The van der Waals surface area contributed by atoms with E-state index in [0.717, 1.165) is 17.5 Å². The molecule has 0 spiro atoms. The fourth-order valence-corrected chi connectivity index (χ4v) is 2.71. The van der Waals surface area contributed by atoms with Crippen LogP contribution in [0.1, 0.15) is 62.4 Å². The van der Waals surface area contributed by atoms with Crippen LogP contribution in [0, 0.1) is 6.92 Å². The SMILES string of the molecule is CC[C@@H](NC(=O)/C=C/c1ccc(C(C)(C)C)cc1)c1ccc(C)cc1. The zero-order chi connectivity index (χ0) is 18.4. The molecule has 0 heterocycles. The molecule has 0 aliphatic heterocycles. The summed E-state index contributed by atoms with van der Waals surface area (Å²) in [5.41, 5.74) is 4.83. The molecule has 2 aromatic rings. The Kier molecular flexibility index (Phi) is 6.19. The topological polar surface area (TPSA) is 29.1 Å². The van der Waals surface area contributed by atoms with Gasteiger partial charge in [-0.2, -0.15) is 0 Å². The minimum atomic E-state index is -0.0627. The zero-order valence-corrected chi connectivity index (χ0v) is 16.0. The first-order chi connectivity index (χ1) is 11.8. The van der Waals surface area contributed by atoms with Crippen LogP contribution in [0.5, 0.6) is 0 Å². The van der Waals surface area contributed by atoms with E-state index >= 15 is 0 Å². The van der Waals surface area contributed by atoms with Crippen molar-refractivity contribution in [1.29, 1.82) is 0 Å². The lowest BCUT2D eigenvalue weighted by atomic mass is 9.87. The van der Waals surface area contributed by atoms with Crippen molar-refractivity contribution in [3.63, 3.8) is 0 Å². The maximum atomic E-state index is 12.3. The van der Waals surface area contributed by atoms with Crippen LogP contribution in [-0.4, -0.2) is 5.91 Å². The Balaban J connectivity index is 2.00. The van der Waals surface area contributed by atoms with Crippen molar-refractivity contribution < 1.29 is 4.79 Å². The average Bonchev–Trinajstić information content (AvgIpc) is 2.58. The van der Waals surface area contributed by atoms with E-state index in [-0.39, 0.29) is 17.4 Å². The van der Waals surface area contributed by atoms with Crippen LogP contribution in [0.2, 0.25) is 0 Å². The van der Waals surface area contributed by atoms with Crippen molar-refractivity contribution in [3.8, 4) is 0 Å². The molecule has 2 rings (SSSR count). The van der Waals surface area contributed by atoms with E-state index in [1.165, 1.54) is 11.1 Å². The smallest absolute Gasteiger partial charge is 0.244 e. The number of benzene rings is 2. The van der Waals surface area contributed by atoms with Crippen LogP contribution >= 0.6 is 0 Å². The van der Waals surface area contributed by atoms with Crippen molar-refractivity contribution >= 4 is 12.0 Å². The van der Waals surface area contributed by atoms with Gasteiger partial charge in [0.05, 0.1) is 6.04 Å². The third-order valence-electron chi connectivity index (χ3n) is 4.41. The molecular weight excluding hydrogens is 306 g/mol. The van der Waals surface area contributed by atoms with Crippen molar-refractivity contribution in [2.45, 2.75) is 52.5 Å². The normalized spacial score (nSPS) is 13.0. The molecule has 132 valence electrons. The number of carbonyl (C=O) groups is 1. The largest absolute Gasteiger partial charge is 0.346 e. The number of hydrogen-bond donors (Lipinski definition) is 1. The van der Waals surface area contributed by atoms with Crippen LogP contribution in [0.25, 0.3) is 6.08 Å². The summed E-state index contributed by atoms with van der Waals surface area (Å²) in [5, 5.41) is 3.08. The maximum absolute atomic E-state index is 12.3. The molecule has 0 saturated heterocycles. The number of rotatable bonds is 5. The summed E-state index contributed by atoms with van der Waals surface area (Å²) in [4.78, 5) is 12.3. The van der Waals surface area contributed by atoms with Gasteiger partial charge in [-0.25, -0.2) is 0 Å². The second-order valence-corrected chi connectivity index (χ2v) is 7.59. The fraction of sp³-hybridized carbons (Fsp3) is 0.348. The molecule has 0 aromatic heterocycles. The van der Waals surface area contributed by atoms with Gasteiger partial charge in [0, 0.05) is 6.08 Å². The Bertz CT molecular complexity index is 718. The van der Waals surface area contributed by atoms with Crippen LogP contribution in [-0.2, 0) is 10.2 Å². The van der Waals surface area contributed by atoms with Crippen LogP contribution in [0.4, 0.5) is 0 Å². The van der Waals surface area contributed by atoms with Gasteiger partial charge in [0.15, 0.2) is 0 Å². The highest BCUT2D eigenvalue weighted by Gasteiger charge is 2.13. The summed E-state index contributed by atoms with van der Waals surface area (Å²) in [6.07, 6.45) is 4.34. The summed E-state index contributed by atoms with van der Waals surface area (Å²) in [6, 6.07) is 16.7. The van der Waals surface area contributed by atoms with Crippen molar-refractivity contribution in [1.82, 2.24) is 5.32 Å². The molecule has 2 nitrogen and oxygen atoms in total. The third kappa shape index (κ3) is 5.60.